The molecule has 0 fully saturated rings. The van der Waals surface area contributed by atoms with Gasteiger partial charge in [-0.3, -0.25) is 4.79 Å². The lowest BCUT2D eigenvalue weighted by molar-refractivity contribution is -0.114. The van der Waals surface area contributed by atoms with Crippen LogP contribution in [0.1, 0.15) is 6.92 Å². The molecule has 0 heterocycles. The van der Waals surface area contributed by atoms with Crippen LogP contribution >= 0.6 is 11.6 Å². The van der Waals surface area contributed by atoms with E-state index in [1.807, 2.05) is 48.5 Å². The minimum Gasteiger partial charge on any atom is -0.326 e. The van der Waals surface area contributed by atoms with Crippen LogP contribution in [0, 0.1) is 0 Å². The third-order valence-electron chi connectivity index (χ3n) is 2.40. The smallest absolute Gasteiger partial charge is 0.221 e. The summed E-state index contributed by atoms with van der Waals surface area (Å²) in [4.78, 5) is 11.1. The molecule has 0 saturated carbocycles. The normalized spacial score (nSPS) is 10.0. The molecule has 2 nitrogen and oxygen atoms in total. The minimum absolute atomic E-state index is 0.0931. The van der Waals surface area contributed by atoms with Crippen molar-refractivity contribution in [2.45, 2.75) is 6.92 Å². The quantitative estimate of drug-likeness (QED) is 0.852. The first-order chi connectivity index (χ1) is 8.18. The molecule has 0 bridgehead atoms. The van der Waals surface area contributed by atoms with Crippen molar-refractivity contribution >= 4 is 23.2 Å². The highest BCUT2D eigenvalue weighted by Gasteiger charge is 2.08. The first-order valence-corrected chi connectivity index (χ1v) is 5.68. The van der Waals surface area contributed by atoms with Gasteiger partial charge in [0.05, 0.1) is 0 Å². The predicted octanol–water partition coefficient (Wildman–Crippen LogP) is 3.97. The lowest BCUT2D eigenvalue weighted by Crippen LogP contribution is -2.06. The summed E-state index contributed by atoms with van der Waals surface area (Å²) in [6.07, 6.45) is 0. The van der Waals surface area contributed by atoms with Gasteiger partial charge in [-0.25, -0.2) is 0 Å². The van der Waals surface area contributed by atoms with Crippen molar-refractivity contribution in [2.75, 3.05) is 5.32 Å². The number of hydrogen-bond donors (Lipinski definition) is 1. The predicted molar refractivity (Wildman–Crippen MR) is 71.2 cm³/mol. The monoisotopic (exact) mass is 245 g/mol. The molecule has 1 amide bonds. The summed E-state index contributed by atoms with van der Waals surface area (Å²) in [5, 5.41) is 3.47. The van der Waals surface area contributed by atoms with Gasteiger partial charge in [0.15, 0.2) is 0 Å². The van der Waals surface area contributed by atoms with E-state index in [4.69, 9.17) is 11.6 Å². The molecule has 0 aliphatic heterocycles. The third kappa shape index (κ3) is 2.66. The average molecular weight is 246 g/mol. The Bertz CT molecular complexity index is 551. The van der Waals surface area contributed by atoms with Crippen LogP contribution < -0.4 is 5.32 Å². The van der Waals surface area contributed by atoms with Gasteiger partial charge in [0, 0.05) is 28.8 Å². The maximum absolute atomic E-state index is 11.1. The van der Waals surface area contributed by atoms with Gasteiger partial charge in [0.2, 0.25) is 5.91 Å². The van der Waals surface area contributed by atoms with Crippen LogP contribution in [0.25, 0.3) is 11.1 Å². The number of nitrogens with one attached hydrogen (secondary N) is 1. The first kappa shape index (κ1) is 11.7. The molecule has 0 aliphatic rings. The molecule has 0 aromatic heterocycles. The number of benzene rings is 2. The molecule has 1 N–H and O–H groups in total. The van der Waals surface area contributed by atoms with Crippen LogP contribution in [0.4, 0.5) is 5.69 Å². The largest absolute Gasteiger partial charge is 0.326 e. The molecule has 0 spiro atoms. The molecule has 0 radical (unpaired) electrons. The molecular weight excluding hydrogens is 234 g/mol. The van der Waals surface area contributed by atoms with Crippen LogP contribution in [0.3, 0.4) is 0 Å². The van der Waals surface area contributed by atoms with Crippen molar-refractivity contribution in [1.29, 1.82) is 0 Å². The molecule has 17 heavy (non-hydrogen) atoms. The van der Waals surface area contributed by atoms with E-state index in [2.05, 4.69) is 5.32 Å². The molecule has 0 atom stereocenters. The number of rotatable bonds is 2. The summed E-state index contributed by atoms with van der Waals surface area (Å²) in [7, 11) is 0. The van der Waals surface area contributed by atoms with E-state index in [-0.39, 0.29) is 5.91 Å². The van der Waals surface area contributed by atoms with Gasteiger partial charge in [-0.15, -0.1) is 0 Å². The number of amides is 1. The molecule has 2 aromatic carbocycles. The van der Waals surface area contributed by atoms with E-state index in [1.54, 1.807) is 0 Å². The maximum atomic E-state index is 11.1. The minimum atomic E-state index is -0.0931. The third-order valence-corrected chi connectivity index (χ3v) is 2.73. The number of halogens is 1. The van der Waals surface area contributed by atoms with Crippen molar-refractivity contribution < 1.29 is 4.79 Å². The first-order valence-electron chi connectivity index (χ1n) is 5.30. The van der Waals surface area contributed by atoms with Crippen LogP contribution in [-0.2, 0) is 4.79 Å². The molecule has 2 aromatic rings. The second-order valence-electron chi connectivity index (χ2n) is 3.71. The zero-order valence-corrected chi connectivity index (χ0v) is 10.2. The molecule has 0 aliphatic carbocycles. The Morgan fingerprint density at radius 2 is 1.59 bits per heavy atom. The van der Waals surface area contributed by atoms with Crippen molar-refractivity contribution in [2.24, 2.45) is 0 Å². The van der Waals surface area contributed by atoms with Gasteiger partial charge < -0.3 is 5.32 Å². The van der Waals surface area contributed by atoms with Crippen LogP contribution in [-0.4, -0.2) is 5.91 Å². The zero-order valence-electron chi connectivity index (χ0n) is 9.41. The fourth-order valence-corrected chi connectivity index (χ4v) is 1.93. The summed E-state index contributed by atoms with van der Waals surface area (Å²) in [5.41, 5.74) is 2.61. The van der Waals surface area contributed by atoms with E-state index in [0.717, 1.165) is 16.8 Å². The summed E-state index contributed by atoms with van der Waals surface area (Å²) in [5.74, 6) is -0.0931. The van der Waals surface area contributed by atoms with Gasteiger partial charge in [-0.2, -0.15) is 0 Å². The Kier molecular flexibility index (Phi) is 3.45. The lowest BCUT2D eigenvalue weighted by atomic mass is 10.0. The topological polar surface area (TPSA) is 29.1 Å². The Labute approximate surface area is 105 Å². The Hall–Kier alpha value is -1.80. The van der Waals surface area contributed by atoms with Gasteiger partial charge in [-0.1, -0.05) is 48.0 Å². The van der Waals surface area contributed by atoms with E-state index in [9.17, 15) is 4.79 Å². The van der Waals surface area contributed by atoms with E-state index in [1.165, 1.54) is 6.92 Å². The summed E-state index contributed by atoms with van der Waals surface area (Å²) < 4.78 is 0. The molecule has 86 valence electrons. The highest BCUT2D eigenvalue weighted by atomic mass is 35.5. The number of carbonyl (C=O) groups is 1. The summed E-state index contributed by atoms with van der Waals surface area (Å²) in [6.45, 7) is 1.49. The molecule has 3 heteroatoms. The standard InChI is InChI=1S/C14H12ClNO/c1-10(17)16-14-9-5-3-7-12(14)11-6-2-4-8-13(11)15/h2-9H,1H3,(H,16,17). The Balaban J connectivity index is 2.52. The highest BCUT2D eigenvalue weighted by Crippen LogP contribution is 2.32. The fourth-order valence-electron chi connectivity index (χ4n) is 1.70. The zero-order chi connectivity index (χ0) is 12.3. The number of carbonyl (C=O) groups excluding carboxylic acids is 1. The Morgan fingerprint density at radius 3 is 2.24 bits per heavy atom. The van der Waals surface area contributed by atoms with Gasteiger partial charge in [0.1, 0.15) is 0 Å². The van der Waals surface area contributed by atoms with Crippen LogP contribution in [0.2, 0.25) is 5.02 Å². The van der Waals surface area contributed by atoms with Crippen molar-refractivity contribution in [3.8, 4) is 11.1 Å². The van der Waals surface area contributed by atoms with Crippen LogP contribution in [0.5, 0.6) is 0 Å². The van der Waals surface area contributed by atoms with E-state index < -0.39 is 0 Å². The van der Waals surface area contributed by atoms with E-state index >= 15 is 0 Å². The summed E-state index contributed by atoms with van der Waals surface area (Å²) >= 11 is 6.15. The average Bonchev–Trinajstić information content (AvgIpc) is 2.30. The molecule has 0 unspecified atom stereocenters. The second kappa shape index (κ2) is 5.02. The van der Waals surface area contributed by atoms with Gasteiger partial charge >= 0.3 is 0 Å². The highest BCUT2D eigenvalue weighted by molar-refractivity contribution is 6.33. The summed E-state index contributed by atoms with van der Waals surface area (Å²) in [6, 6.07) is 15.2. The molecular formula is C14H12ClNO. The molecule has 2 rings (SSSR count). The van der Waals surface area contributed by atoms with Crippen molar-refractivity contribution in [3.63, 3.8) is 0 Å². The SMILES string of the molecule is CC(=O)Nc1ccccc1-c1ccccc1Cl. The Morgan fingerprint density at radius 1 is 1.00 bits per heavy atom. The fraction of sp³-hybridized carbons (Fsp3) is 0.0714. The number of hydrogen-bond acceptors (Lipinski definition) is 1. The second-order valence-corrected chi connectivity index (χ2v) is 4.11. The number of anilines is 1. The van der Waals surface area contributed by atoms with Gasteiger partial charge in [-0.05, 0) is 12.1 Å². The molecule has 0 saturated heterocycles. The van der Waals surface area contributed by atoms with Gasteiger partial charge in [0.25, 0.3) is 0 Å². The van der Waals surface area contributed by atoms with Crippen molar-refractivity contribution in [1.82, 2.24) is 0 Å². The van der Waals surface area contributed by atoms with Crippen molar-refractivity contribution in [3.05, 3.63) is 53.6 Å². The number of para-hydroxylation sites is 1. The van der Waals surface area contributed by atoms with Crippen LogP contribution in [0.15, 0.2) is 48.5 Å². The van der Waals surface area contributed by atoms with E-state index in [0.29, 0.717) is 5.02 Å². The maximum Gasteiger partial charge on any atom is 0.221 e. The lowest BCUT2D eigenvalue weighted by Gasteiger charge is -2.11.